The zero-order valence-electron chi connectivity index (χ0n) is 10.3. The van der Waals surface area contributed by atoms with E-state index in [1.54, 1.807) is 11.1 Å². The first-order valence-electron chi connectivity index (χ1n) is 6.06. The van der Waals surface area contributed by atoms with E-state index in [2.05, 4.69) is 17.1 Å². The van der Waals surface area contributed by atoms with Gasteiger partial charge in [0.15, 0.2) is 0 Å². The quantitative estimate of drug-likeness (QED) is 0.855. The maximum absolute atomic E-state index is 12.3. The van der Waals surface area contributed by atoms with E-state index in [1.807, 2.05) is 13.2 Å². The van der Waals surface area contributed by atoms with Crippen LogP contribution in [-0.4, -0.2) is 40.8 Å². The lowest BCUT2D eigenvalue weighted by molar-refractivity contribution is -0.136. The Kier molecular flexibility index (Phi) is 3.78. The molecule has 0 spiro atoms. The second-order valence-corrected chi connectivity index (χ2v) is 4.51. The average Bonchev–Trinajstić information content (AvgIpc) is 2.97. The first kappa shape index (κ1) is 12.1. The van der Waals surface area contributed by atoms with Crippen molar-refractivity contribution in [1.29, 1.82) is 0 Å². The van der Waals surface area contributed by atoms with E-state index >= 15 is 0 Å². The van der Waals surface area contributed by atoms with Crippen molar-refractivity contribution in [1.82, 2.24) is 15.1 Å². The first-order chi connectivity index (χ1) is 8.22. The molecule has 1 saturated heterocycles. The molecular weight excluding hydrogens is 218 g/mol. The van der Waals surface area contributed by atoms with Crippen molar-refractivity contribution in [3.05, 3.63) is 18.0 Å². The highest BCUT2D eigenvalue weighted by atomic mass is 16.5. The van der Waals surface area contributed by atoms with Crippen LogP contribution in [-0.2, 0) is 16.1 Å². The number of carbonyl (C=O) groups is 1. The number of H-pyrrole nitrogens is 1. The standard InChI is InChI=1S/C12H19N3O2/c1-3-11-10(4-5-17-11)12(16)15(2)8-9-6-13-14-7-9/h6-7,10-11H,3-5,8H2,1-2H3,(H,13,14). The third-order valence-corrected chi connectivity index (χ3v) is 3.28. The number of rotatable bonds is 4. The van der Waals surface area contributed by atoms with Gasteiger partial charge < -0.3 is 9.64 Å². The highest BCUT2D eigenvalue weighted by molar-refractivity contribution is 5.79. The SMILES string of the molecule is CCC1OCCC1C(=O)N(C)Cc1cn[nH]c1. The number of ether oxygens (including phenoxy) is 1. The highest BCUT2D eigenvalue weighted by Gasteiger charge is 2.34. The molecule has 0 bridgehead atoms. The minimum atomic E-state index is 0.0249. The van der Waals surface area contributed by atoms with E-state index in [0.29, 0.717) is 13.2 Å². The van der Waals surface area contributed by atoms with Crippen molar-refractivity contribution in [2.24, 2.45) is 5.92 Å². The van der Waals surface area contributed by atoms with Crippen LogP contribution in [0.15, 0.2) is 12.4 Å². The Morgan fingerprint density at radius 3 is 3.18 bits per heavy atom. The van der Waals surface area contributed by atoms with E-state index in [1.165, 1.54) is 0 Å². The molecule has 1 aromatic heterocycles. The van der Waals surface area contributed by atoms with Gasteiger partial charge in [-0.05, 0) is 12.8 Å². The normalized spacial score (nSPS) is 23.9. The third-order valence-electron chi connectivity index (χ3n) is 3.28. The van der Waals surface area contributed by atoms with Crippen LogP contribution in [0.1, 0.15) is 25.3 Å². The average molecular weight is 237 g/mol. The van der Waals surface area contributed by atoms with E-state index in [0.717, 1.165) is 18.4 Å². The summed E-state index contributed by atoms with van der Waals surface area (Å²) in [6, 6.07) is 0. The fraction of sp³-hybridized carbons (Fsp3) is 0.667. The summed E-state index contributed by atoms with van der Waals surface area (Å²) in [5.41, 5.74) is 1.02. The minimum Gasteiger partial charge on any atom is -0.377 e. The van der Waals surface area contributed by atoms with E-state index in [9.17, 15) is 4.79 Å². The van der Waals surface area contributed by atoms with Crippen molar-refractivity contribution in [2.75, 3.05) is 13.7 Å². The molecule has 5 nitrogen and oxygen atoms in total. The molecule has 94 valence electrons. The van der Waals surface area contributed by atoms with Crippen molar-refractivity contribution in [3.8, 4) is 0 Å². The lowest BCUT2D eigenvalue weighted by Gasteiger charge is -2.23. The zero-order chi connectivity index (χ0) is 12.3. The molecule has 0 saturated carbocycles. The van der Waals surface area contributed by atoms with Gasteiger partial charge in [0.25, 0.3) is 0 Å². The van der Waals surface area contributed by atoms with Gasteiger partial charge in [-0.2, -0.15) is 5.10 Å². The summed E-state index contributed by atoms with van der Waals surface area (Å²) in [5, 5.41) is 6.63. The Labute approximate surface area is 101 Å². The molecule has 5 heteroatoms. The Morgan fingerprint density at radius 1 is 1.71 bits per heavy atom. The summed E-state index contributed by atoms with van der Waals surface area (Å²) < 4.78 is 5.56. The van der Waals surface area contributed by atoms with Crippen molar-refractivity contribution >= 4 is 5.91 Å². The lowest BCUT2D eigenvalue weighted by Crippen LogP contribution is -2.36. The summed E-state index contributed by atoms with van der Waals surface area (Å²) in [6.45, 7) is 3.36. The number of hydrogen-bond donors (Lipinski definition) is 1. The van der Waals surface area contributed by atoms with Gasteiger partial charge in [-0.15, -0.1) is 0 Å². The summed E-state index contributed by atoms with van der Waals surface area (Å²) in [5.74, 6) is 0.201. The highest BCUT2D eigenvalue weighted by Crippen LogP contribution is 2.25. The van der Waals surface area contributed by atoms with Gasteiger partial charge in [0.2, 0.25) is 5.91 Å². The van der Waals surface area contributed by atoms with Crippen LogP contribution in [0.25, 0.3) is 0 Å². The number of carbonyl (C=O) groups excluding carboxylic acids is 1. The Bertz CT molecular complexity index is 364. The van der Waals surface area contributed by atoms with Gasteiger partial charge in [0.1, 0.15) is 0 Å². The molecule has 2 rings (SSSR count). The van der Waals surface area contributed by atoms with E-state index < -0.39 is 0 Å². The van der Waals surface area contributed by atoms with E-state index in [-0.39, 0.29) is 17.9 Å². The summed E-state index contributed by atoms with van der Waals surface area (Å²) >= 11 is 0. The van der Waals surface area contributed by atoms with Crippen LogP contribution in [0.5, 0.6) is 0 Å². The largest absolute Gasteiger partial charge is 0.377 e. The smallest absolute Gasteiger partial charge is 0.228 e. The molecule has 2 unspecified atom stereocenters. The first-order valence-corrected chi connectivity index (χ1v) is 6.06. The molecule has 0 aromatic carbocycles. The fourth-order valence-electron chi connectivity index (χ4n) is 2.33. The summed E-state index contributed by atoms with van der Waals surface area (Å²) in [6.07, 6.45) is 5.39. The Hall–Kier alpha value is -1.36. The predicted molar refractivity (Wildman–Crippen MR) is 63.2 cm³/mol. The number of nitrogens with zero attached hydrogens (tertiary/aromatic N) is 2. The van der Waals surface area contributed by atoms with E-state index in [4.69, 9.17) is 4.74 Å². The zero-order valence-corrected chi connectivity index (χ0v) is 10.3. The number of hydrogen-bond acceptors (Lipinski definition) is 3. The molecule has 1 aromatic rings. The van der Waals surface area contributed by atoms with Crippen LogP contribution >= 0.6 is 0 Å². The maximum atomic E-state index is 12.3. The minimum absolute atomic E-state index is 0.0249. The lowest BCUT2D eigenvalue weighted by atomic mass is 9.98. The molecule has 1 aliphatic heterocycles. The van der Waals surface area contributed by atoms with Crippen molar-refractivity contribution in [2.45, 2.75) is 32.4 Å². The molecule has 1 aliphatic rings. The van der Waals surface area contributed by atoms with Crippen molar-refractivity contribution < 1.29 is 9.53 Å². The molecule has 2 atom stereocenters. The van der Waals surface area contributed by atoms with Gasteiger partial charge in [-0.1, -0.05) is 6.92 Å². The fourth-order valence-corrected chi connectivity index (χ4v) is 2.33. The van der Waals surface area contributed by atoms with Crippen LogP contribution in [0.2, 0.25) is 0 Å². The van der Waals surface area contributed by atoms with Crippen LogP contribution in [0.4, 0.5) is 0 Å². The molecule has 1 amide bonds. The molecule has 0 radical (unpaired) electrons. The molecule has 1 N–H and O–H groups in total. The van der Waals surface area contributed by atoms with Gasteiger partial charge in [0, 0.05) is 32.0 Å². The van der Waals surface area contributed by atoms with Gasteiger partial charge >= 0.3 is 0 Å². The number of nitrogens with one attached hydrogen (secondary N) is 1. The molecule has 1 fully saturated rings. The van der Waals surface area contributed by atoms with Crippen LogP contribution < -0.4 is 0 Å². The summed E-state index contributed by atoms with van der Waals surface area (Å²) in [7, 11) is 1.83. The Balaban J connectivity index is 1.94. The summed E-state index contributed by atoms with van der Waals surface area (Å²) in [4.78, 5) is 14.0. The molecule has 2 heterocycles. The molecule has 17 heavy (non-hydrogen) atoms. The van der Waals surface area contributed by atoms with Gasteiger partial charge in [-0.25, -0.2) is 0 Å². The van der Waals surface area contributed by atoms with Crippen LogP contribution in [0, 0.1) is 5.92 Å². The number of aromatic nitrogens is 2. The molecule has 0 aliphatic carbocycles. The number of amides is 1. The second-order valence-electron chi connectivity index (χ2n) is 4.51. The maximum Gasteiger partial charge on any atom is 0.228 e. The van der Waals surface area contributed by atoms with Crippen LogP contribution in [0.3, 0.4) is 0 Å². The topological polar surface area (TPSA) is 58.2 Å². The van der Waals surface area contributed by atoms with Gasteiger partial charge in [0.05, 0.1) is 18.2 Å². The van der Waals surface area contributed by atoms with Crippen molar-refractivity contribution in [3.63, 3.8) is 0 Å². The third kappa shape index (κ3) is 2.66. The predicted octanol–water partition coefficient (Wildman–Crippen LogP) is 1.18. The second kappa shape index (κ2) is 5.31. The molecular formula is C12H19N3O2. The van der Waals surface area contributed by atoms with Gasteiger partial charge in [-0.3, -0.25) is 9.89 Å². The number of aromatic amines is 1. The monoisotopic (exact) mass is 237 g/mol. The Morgan fingerprint density at radius 2 is 2.53 bits per heavy atom.